The Kier molecular flexibility index (Phi) is 7.01. The average Bonchev–Trinajstić information content (AvgIpc) is 2.37. The van der Waals surface area contributed by atoms with Crippen molar-refractivity contribution in [3.05, 3.63) is 29.8 Å². The molecule has 0 radical (unpaired) electrons. The Balaban J connectivity index is 0.00000220. The summed E-state index contributed by atoms with van der Waals surface area (Å²) in [5, 5.41) is 2.51. The topological polar surface area (TPSA) is 58.4 Å². The first kappa shape index (κ1) is 17.8. The molecular formula is C14H20ClF2N3O. The van der Waals surface area contributed by atoms with E-state index in [2.05, 4.69) is 5.32 Å². The summed E-state index contributed by atoms with van der Waals surface area (Å²) < 4.78 is 26.0. The first-order valence-corrected chi connectivity index (χ1v) is 6.75. The number of carbonyl (C=O) groups excluding carboxylic acids is 1. The van der Waals surface area contributed by atoms with Gasteiger partial charge in [-0.3, -0.25) is 9.69 Å². The van der Waals surface area contributed by atoms with Gasteiger partial charge in [-0.25, -0.2) is 8.78 Å². The van der Waals surface area contributed by atoms with E-state index in [0.29, 0.717) is 12.5 Å². The van der Waals surface area contributed by atoms with Crippen molar-refractivity contribution < 1.29 is 13.6 Å². The van der Waals surface area contributed by atoms with E-state index in [1.807, 2.05) is 4.90 Å². The minimum atomic E-state index is -0.707. The number of nitrogens with zero attached hydrogens (tertiary/aromatic N) is 1. The van der Waals surface area contributed by atoms with Crippen molar-refractivity contribution in [2.24, 2.45) is 11.7 Å². The minimum Gasteiger partial charge on any atom is -0.330 e. The van der Waals surface area contributed by atoms with Gasteiger partial charge in [-0.05, 0) is 44.0 Å². The summed E-state index contributed by atoms with van der Waals surface area (Å²) in [6, 6.07) is 2.96. The summed E-state index contributed by atoms with van der Waals surface area (Å²) in [6.07, 6.45) is 2.10. The Hall–Kier alpha value is -1.24. The maximum atomic E-state index is 13.0. The fourth-order valence-corrected chi connectivity index (χ4v) is 2.52. The molecule has 3 N–H and O–H groups in total. The van der Waals surface area contributed by atoms with E-state index in [4.69, 9.17) is 5.73 Å². The molecule has 1 aromatic carbocycles. The SMILES string of the molecule is Cl.NCC1CCCN(CC(=O)Nc2cc(F)cc(F)c2)C1. The average molecular weight is 320 g/mol. The molecule has 1 amide bonds. The highest BCUT2D eigenvalue weighted by molar-refractivity contribution is 5.92. The van der Waals surface area contributed by atoms with Crippen molar-refractivity contribution >= 4 is 24.0 Å². The van der Waals surface area contributed by atoms with Gasteiger partial charge >= 0.3 is 0 Å². The molecule has 21 heavy (non-hydrogen) atoms. The Morgan fingerprint density at radius 3 is 2.62 bits per heavy atom. The predicted octanol–water partition coefficient (Wildman–Crippen LogP) is 2.00. The molecule has 0 saturated carbocycles. The summed E-state index contributed by atoms with van der Waals surface area (Å²) in [6.45, 7) is 2.48. The molecule has 1 heterocycles. The molecule has 0 aromatic heterocycles. The number of hydrogen-bond acceptors (Lipinski definition) is 3. The van der Waals surface area contributed by atoms with E-state index in [-0.39, 0.29) is 30.5 Å². The van der Waals surface area contributed by atoms with E-state index < -0.39 is 11.6 Å². The molecule has 1 aliphatic heterocycles. The Morgan fingerprint density at radius 2 is 2.00 bits per heavy atom. The number of anilines is 1. The monoisotopic (exact) mass is 319 g/mol. The van der Waals surface area contributed by atoms with Gasteiger partial charge in [0.25, 0.3) is 0 Å². The lowest BCUT2D eigenvalue weighted by molar-refractivity contribution is -0.117. The van der Waals surface area contributed by atoms with Gasteiger partial charge in [0.15, 0.2) is 0 Å². The third kappa shape index (κ3) is 5.57. The van der Waals surface area contributed by atoms with Crippen molar-refractivity contribution in [3.63, 3.8) is 0 Å². The molecule has 1 aliphatic rings. The molecule has 1 aromatic rings. The number of carbonyl (C=O) groups is 1. The van der Waals surface area contributed by atoms with Crippen LogP contribution in [-0.2, 0) is 4.79 Å². The van der Waals surface area contributed by atoms with Crippen LogP contribution in [0.3, 0.4) is 0 Å². The zero-order valence-corrected chi connectivity index (χ0v) is 12.5. The molecule has 0 spiro atoms. The number of hydrogen-bond donors (Lipinski definition) is 2. The first-order valence-electron chi connectivity index (χ1n) is 6.75. The summed E-state index contributed by atoms with van der Waals surface area (Å²) in [5.41, 5.74) is 5.78. The lowest BCUT2D eigenvalue weighted by Gasteiger charge is -2.31. The number of benzene rings is 1. The Labute approximate surface area is 129 Å². The number of halogens is 3. The number of piperidine rings is 1. The van der Waals surface area contributed by atoms with Crippen molar-refractivity contribution in [1.82, 2.24) is 4.90 Å². The van der Waals surface area contributed by atoms with Crippen molar-refractivity contribution in [3.8, 4) is 0 Å². The fraction of sp³-hybridized carbons (Fsp3) is 0.500. The van der Waals surface area contributed by atoms with Gasteiger partial charge in [0, 0.05) is 18.3 Å². The number of likely N-dealkylation sites (tertiary alicyclic amines) is 1. The van der Waals surface area contributed by atoms with Gasteiger partial charge in [0.1, 0.15) is 11.6 Å². The zero-order chi connectivity index (χ0) is 14.5. The summed E-state index contributed by atoms with van der Waals surface area (Å²) in [5.74, 6) is -1.27. The molecule has 0 aliphatic carbocycles. The lowest BCUT2D eigenvalue weighted by Crippen LogP contribution is -2.42. The molecule has 1 saturated heterocycles. The molecule has 118 valence electrons. The van der Waals surface area contributed by atoms with Crippen LogP contribution in [0.2, 0.25) is 0 Å². The van der Waals surface area contributed by atoms with Crippen LogP contribution in [0.4, 0.5) is 14.5 Å². The van der Waals surface area contributed by atoms with Crippen LogP contribution in [0.25, 0.3) is 0 Å². The van der Waals surface area contributed by atoms with Crippen LogP contribution in [0.5, 0.6) is 0 Å². The first-order chi connectivity index (χ1) is 9.56. The van der Waals surface area contributed by atoms with E-state index in [1.54, 1.807) is 0 Å². The summed E-state index contributed by atoms with van der Waals surface area (Å²) >= 11 is 0. The predicted molar refractivity (Wildman–Crippen MR) is 80.5 cm³/mol. The highest BCUT2D eigenvalue weighted by Gasteiger charge is 2.20. The highest BCUT2D eigenvalue weighted by atomic mass is 35.5. The van der Waals surface area contributed by atoms with Crippen LogP contribution >= 0.6 is 12.4 Å². The third-order valence-electron chi connectivity index (χ3n) is 3.45. The number of amides is 1. The second-order valence-corrected chi connectivity index (χ2v) is 5.19. The van der Waals surface area contributed by atoms with Crippen molar-refractivity contribution in [2.75, 3.05) is 31.5 Å². The summed E-state index contributed by atoms with van der Waals surface area (Å²) in [4.78, 5) is 13.9. The smallest absolute Gasteiger partial charge is 0.238 e. The van der Waals surface area contributed by atoms with Gasteiger partial charge in [-0.2, -0.15) is 0 Å². The third-order valence-corrected chi connectivity index (χ3v) is 3.45. The van der Waals surface area contributed by atoms with Gasteiger partial charge in [-0.15, -0.1) is 12.4 Å². The van der Waals surface area contributed by atoms with Crippen molar-refractivity contribution in [1.29, 1.82) is 0 Å². The second-order valence-electron chi connectivity index (χ2n) is 5.19. The number of rotatable bonds is 4. The van der Waals surface area contributed by atoms with Crippen molar-refractivity contribution in [2.45, 2.75) is 12.8 Å². The standard InChI is InChI=1S/C14H19F2N3O.ClH/c15-11-4-12(16)6-13(5-11)18-14(20)9-19-3-1-2-10(7-17)8-19;/h4-6,10H,1-3,7-9,17H2,(H,18,20);1H. The van der Waals surface area contributed by atoms with Crippen LogP contribution in [0.1, 0.15) is 12.8 Å². The van der Waals surface area contributed by atoms with Gasteiger partial charge in [-0.1, -0.05) is 0 Å². The maximum absolute atomic E-state index is 13.0. The zero-order valence-electron chi connectivity index (χ0n) is 11.6. The van der Waals surface area contributed by atoms with E-state index >= 15 is 0 Å². The maximum Gasteiger partial charge on any atom is 0.238 e. The largest absolute Gasteiger partial charge is 0.330 e. The molecule has 7 heteroatoms. The summed E-state index contributed by atoms with van der Waals surface area (Å²) in [7, 11) is 0. The fourth-order valence-electron chi connectivity index (χ4n) is 2.52. The Morgan fingerprint density at radius 1 is 1.33 bits per heavy atom. The number of nitrogens with one attached hydrogen (secondary N) is 1. The molecule has 0 bridgehead atoms. The van der Waals surface area contributed by atoms with Gasteiger partial charge in [0.2, 0.25) is 5.91 Å². The van der Waals surface area contributed by atoms with Crippen LogP contribution in [0, 0.1) is 17.6 Å². The van der Waals surface area contributed by atoms with Crippen LogP contribution in [0.15, 0.2) is 18.2 Å². The quantitative estimate of drug-likeness (QED) is 0.892. The van der Waals surface area contributed by atoms with Gasteiger partial charge < -0.3 is 11.1 Å². The van der Waals surface area contributed by atoms with Gasteiger partial charge in [0.05, 0.1) is 6.54 Å². The lowest BCUT2D eigenvalue weighted by atomic mass is 9.98. The number of nitrogens with two attached hydrogens (primary N) is 1. The molecule has 2 rings (SSSR count). The highest BCUT2D eigenvalue weighted by Crippen LogP contribution is 2.16. The van der Waals surface area contributed by atoms with E-state index in [1.165, 1.54) is 0 Å². The van der Waals surface area contributed by atoms with E-state index in [0.717, 1.165) is 44.1 Å². The van der Waals surface area contributed by atoms with Crippen LogP contribution in [-0.4, -0.2) is 37.0 Å². The Bertz CT molecular complexity index is 467. The van der Waals surface area contributed by atoms with E-state index in [9.17, 15) is 13.6 Å². The molecule has 1 atom stereocenters. The minimum absolute atomic E-state index is 0. The molecule has 1 unspecified atom stereocenters. The van der Waals surface area contributed by atoms with Crippen LogP contribution < -0.4 is 11.1 Å². The second kappa shape index (κ2) is 8.26. The molecule has 4 nitrogen and oxygen atoms in total. The molecular weight excluding hydrogens is 300 g/mol. The normalized spacial score (nSPS) is 18.9. The molecule has 1 fully saturated rings.